The van der Waals surface area contributed by atoms with E-state index in [1.807, 2.05) is 19.1 Å². The predicted octanol–water partition coefficient (Wildman–Crippen LogP) is 2.11. The fourth-order valence-electron chi connectivity index (χ4n) is 1.36. The number of hydrogen-bond donors (Lipinski definition) is 2. The Kier molecular flexibility index (Phi) is 4.63. The van der Waals surface area contributed by atoms with Crippen LogP contribution in [0.4, 0.5) is 5.82 Å². The number of rotatable bonds is 4. The van der Waals surface area contributed by atoms with Crippen LogP contribution in [0.25, 0.3) is 0 Å². The van der Waals surface area contributed by atoms with E-state index in [9.17, 15) is 4.79 Å². The summed E-state index contributed by atoms with van der Waals surface area (Å²) >= 11 is 0. The summed E-state index contributed by atoms with van der Waals surface area (Å²) in [6.07, 6.45) is 2.14. The van der Waals surface area contributed by atoms with Crippen molar-refractivity contribution >= 4 is 11.7 Å². The van der Waals surface area contributed by atoms with Crippen LogP contribution in [0.2, 0.25) is 0 Å². The minimum Gasteiger partial charge on any atom is -0.312 e. The lowest BCUT2D eigenvalue weighted by Crippen LogP contribution is -2.37. The Morgan fingerprint density at radius 2 is 2.12 bits per heavy atom. The predicted molar refractivity (Wildman–Crippen MR) is 70.0 cm³/mol. The van der Waals surface area contributed by atoms with Crippen LogP contribution in [-0.4, -0.2) is 23.0 Å². The fraction of sp³-hybridized carbons (Fsp3) is 0.538. The molecule has 1 aromatic heterocycles. The lowest BCUT2D eigenvalue weighted by atomic mass is 10.1. The summed E-state index contributed by atoms with van der Waals surface area (Å²) in [7, 11) is 0. The Hall–Kier alpha value is -1.42. The Bertz CT molecular complexity index is 382. The van der Waals surface area contributed by atoms with E-state index >= 15 is 0 Å². The zero-order valence-corrected chi connectivity index (χ0v) is 11.0. The summed E-state index contributed by atoms with van der Waals surface area (Å²) in [6.45, 7) is 8.87. The quantitative estimate of drug-likeness (QED) is 0.840. The van der Waals surface area contributed by atoms with Crippen molar-refractivity contribution in [2.24, 2.45) is 0 Å². The highest BCUT2D eigenvalue weighted by atomic mass is 16.1. The van der Waals surface area contributed by atoms with Gasteiger partial charge in [-0.2, -0.15) is 0 Å². The van der Waals surface area contributed by atoms with Gasteiger partial charge in [-0.25, -0.2) is 4.98 Å². The highest BCUT2D eigenvalue weighted by Crippen LogP contribution is 2.05. The van der Waals surface area contributed by atoms with Gasteiger partial charge < -0.3 is 10.6 Å². The van der Waals surface area contributed by atoms with E-state index in [1.54, 1.807) is 6.20 Å². The molecule has 0 aliphatic heterocycles. The summed E-state index contributed by atoms with van der Waals surface area (Å²) in [6, 6.07) is 3.76. The lowest BCUT2D eigenvalue weighted by Gasteiger charge is -2.20. The second kappa shape index (κ2) is 5.77. The van der Waals surface area contributed by atoms with E-state index < -0.39 is 0 Å². The number of aromatic nitrogens is 1. The molecule has 1 heterocycles. The minimum absolute atomic E-state index is 0.0140. The molecule has 0 aromatic carbocycles. The molecule has 0 saturated heterocycles. The van der Waals surface area contributed by atoms with Crippen LogP contribution >= 0.6 is 0 Å². The maximum absolute atomic E-state index is 11.6. The number of carbonyl (C=O) groups excluding carboxylic acids is 1. The molecule has 4 heteroatoms. The Morgan fingerprint density at radius 1 is 1.41 bits per heavy atom. The summed E-state index contributed by atoms with van der Waals surface area (Å²) in [5, 5.41) is 6.05. The summed E-state index contributed by atoms with van der Waals surface area (Å²) in [4.78, 5) is 15.7. The topological polar surface area (TPSA) is 54.0 Å². The molecule has 0 saturated carbocycles. The number of anilines is 1. The van der Waals surface area contributed by atoms with Crippen molar-refractivity contribution in [2.75, 3.05) is 11.9 Å². The van der Waals surface area contributed by atoms with Crippen LogP contribution in [0.3, 0.4) is 0 Å². The van der Waals surface area contributed by atoms with Crippen LogP contribution in [0, 0.1) is 6.92 Å². The molecule has 0 atom stereocenters. The molecule has 2 N–H and O–H groups in total. The molecule has 1 rings (SSSR count). The molecule has 0 bridgehead atoms. The number of pyridine rings is 1. The van der Waals surface area contributed by atoms with Gasteiger partial charge in [0.1, 0.15) is 5.82 Å². The molecule has 0 aliphatic rings. The van der Waals surface area contributed by atoms with Crippen molar-refractivity contribution in [3.05, 3.63) is 23.9 Å². The van der Waals surface area contributed by atoms with E-state index in [0.717, 1.165) is 5.56 Å². The number of amides is 1. The SMILES string of the molecule is Cc1ccnc(NC(=O)CCNC(C)(C)C)c1. The highest BCUT2D eigenvalue weighted by molar-refractivity contribution is 5.89. The van der Waals surface area contributed by atoms with E-state index in [1.165, 1.54) is 0 Å². The smallest absolute Gasteiger partial charge is 0.226 e. The van der Waals surface area contributed by atoms with Crippen LogP contribution in [0.1, 0.15) is 32.8 Å². The van der Waals surface area contributed by atoms with Crippen LogP contribution in [-0.2, 0) is 4.79 Å². The number of nitrogens with zero attached hydrogens (tertiary/aromatic N) is 1. The third-order valence-electron chi connectivity index (χ3n) is 2.19. The van der Waals surface area contributed by atoms with Crippen molar-refractivity contribution in [2.45, 2.75) is 39.7 Å². The number of aryl methyl sites for hydroxylation is 1. The van der Waals surface area contributed by atoms with Crippen LogP contribution < -0.4 is 10.6 Å². The molecule has 1 amide bonds. The van der Waals surface area contributed by atoms with Gasteiger partial charge in [0.15, 0.2) is 0 Å². The van der Waals surface area contributed by atoms with Crippen LogP contribution in [0.5, 0.6) is 0 Å². The first kappa shape index (κ1) is 13.6. The fourth-order valence-corrected chi connectivity index (χ4v) is 1.36. The Morgan fingerprint density at radius 3 is 2.71 bits per heavy atom. The minimum atomic E-state index is -0.0140. The zero-order valence-electron chi connectivity index (χ0n) is 11.0. The molecule has 17 heavy (non-hydrogen) atoms. The van der Waals surface area contributed by atoms with E-state index in [4.69, 9.17) is 0 Å². The Labute approximate surface area is 103 Å². The first-order valence-electron chi connectivity index (χ1n) is 5.84. The Balaban J connectivity index is 2.35. The van der Waals surface area contributed by atoms with E-state index in [-0.39, 0.29) is 11.4 Å². The van der Waals surface area contributed by atoms with Gasteiger partial charge in [-0.15, -0.1) is 0 Å². The van der Waals surface area contributed by atoms with Gasteiger partial charge in [0.05, 0.1) is 0 Å². The van der Waals surface area contributed by atoms with Gasteiger partial charge in [-0.3, -0.25) is 4.79 Å². The first-order valence-corrected chi connectivity index (χ1v) is 5.84. The van der Waals surface area contributed by atoms with Gasteiger partial charge in [0.25, 0.3) is 0 Å². The monoisotopic (exact) mass is 235 g/mol. The zero-order chi connectivity index (χ0) is 12.9. The lowest BCUT2D eigenvalue weighted by molar-refractivity contribution is -0.116. The molecular formula is C13H21N3O. The van der Waals surface area contributed by atoms with E-state index in [2.05, 4.69) is 36.4 Å². The van der Waals surface area contributed by atoms with Gasteiger partial charge in [0, 0.05) is 24.7 Å². The first-order chi connectivity index (χ1) is 7.87. The van der Waals surface area contributed by atoms with Gasteiger partial charge >= 0.3 is 0 Å². The third kappa shape index (κ3) is 6.02. The normalized spacial score (nSPS) is 11.3. The third-order valence-corrected chi connectivity index (χ3v) is 2.19. The van der Waals surface area contributed by atoms with Crippen molar-refractivity contribution in [3.8, 4) is 0 Å². The summed E-state index contributed by atoms with van der Waals surface area (Å²) in [5.74, 6) is 0.602. The van der Waals surface area contributed by atoms with Gasteiger partial charge in [-0.05, 0) is 45.4 Å². The number of nitrogens with one attached hydrogen (secondary N) is 2. The standard InChI is InChI=1S/C13H21N3O/c1-10-5-7-14-11(9-10)16-12(17)6-8-15-13(2,3)4/h5,7,9,15H,6,8H2,1-4H3,(H,14,16,17). The van der Waals surface area contributed by atoms with Crippen molar-refractivity contribution in [1.82, 2.24) is 10.3 Å². The largest absolute Gasteiger partial charge is 0.312 e. The van der Waals surface area contributed by atoms with Crippen molar-refractivity contribution in [3.63, 3.8) is 0 Å². The molecule has 1 aromatic rings. The highest BCUT2D eigenvalue weighted by Gasteiger charge is 2.09. The maximum atomic E-state index is 11.6. The number of carbonyl (C=O) groups is 1. The molecule has 0 aliphatic carbocycles. The second-order valence-electron chi connectivity index (χ2n) is 5.19. The molecule has 4 nitrogen and oxygen atoms in total. The summed E-state index contributed by atoms with van der Waals surface area (Å²) < 4.78 is 0. The number of hydrogen-bond acceptors (Lipinski definition) is 3. The van der Waals surface area contributed by atoms with Crippen LogP contribution in [0.15, 0.2) is 18.3 Å². The maximum Gasteiger partial charge on any atom is 0.226 e. The molecule has 0 spiro atoms. The van der Waals surface area contributed by atoms with Gasteiger partial charge in [-0.1, -0.05) is 0 Å². The van der Waals surface area contributed by atoms with Crippen molar-refractivity contribution in [1.29, 1.82) is 0 Å². The average molecular weight is 235 g/mol. The molecular weight excluding hydrogens is 214 g/mol. The molecule has 0 fully saturated rings. The second-order valence-corrected chi connectivity index (χ2v) is 5.19. The van der Waals surface area contributed by atoms with E-state index in [0.29, 0.717) is 18.8 Å². The van der Waals surface area contributed by atoms with Gasteiger partial charge in [0.2, 0.25) is 5.91 Å². The molecule has 94 valence electrons. The molecule has 0 radical (unpaired) electrons. The summed E-state index contributed by atoms with van der Waals surface area (Å²) in [5.41, 5.74) is 1.13. The average Bonchev–Trinajstić information content (AvgIpc) is 2.15. The van der Waals surface area contributed by atoms with Crippen molar-refractivity contribution < 1.29 is 4.79 Å². The molecule has 0 unspecified atom stereocenters.